The summed E-state index contributed by atoms with van der Waals surface area (Å²) >= 11 is 0. The number of rotatable bonds is 5. The Morgan fingerprint density at radius 1 is 1.28 bits per heavy atom. The van der Waals surface area contributed by atoms with E-state index in [-0.39, 0.29) is 19.1 Å². The molecule has 2 saturated heterocycles. The molecule has 3 amide bonds. The molecule has 9 heteroatoms. The first-order valence-electron chi connectivity index (χ1n) is 11.2. The predicted molar refractivity (Wildman–Crippen MR) is 120 cm³/mol. The molecule has 0 aromatic heterocycles. The molecule has 0 saturated carbocycles. The van der Waals surface area contributed by atoms with Crippen molar-refractivity contribution in [1.82, 2.24) is 14.7 Å². The minimum absolute atomic E-state index is 0.0878. The van der Waals surface area contributed by atoms with Gasteiger partial charge in [0.15, 0.2) is 0 Å². The second kappa shape index (κ2) is 8.90. The Morgan fingerprint density at radius 3 is 2.78 bits per heavy atom. The van der Waals surface area contributed by atoms with Gasteiger partial charge in [-0.25, -0.2) is 9.69 Å². The quantitative estimate of drug-likeness (QED) is 0.691. The van der Waals surface area contributed by atoms with Crippen LogP contribution in [0.3, 0.4) is 0 Å². The van der Waals surface area contributed by atoms with Crippen LogP contribution in [0.15, 0.2) is 29.3 Å². The molecule has 3 heterocycles. The monoisotopic (exact) mass is 442 g/mol. The number of amidine groups is 1. The van der Waals surface area contributed by atoms with Crippen molar-refractivity contribution in [2.24, 2.45) is 10.9 Å². The van der Waals surface area contributed by atoms with Gasteiger partial charge in [0.2, 0.25) is 11.9 Å². The maximum Gasteiger partial charge on any atom is 0.392 e. The lowest BCUT2D eigenvalue weighted by atomic mass is 10.0. The summed E-state index contributed by atoms with van der Waals surface area (Å²) in [6, 6.07) is 6.52. The second-order valence-electron chi connectivity index (χ2n) is 9.04. The van der Waals surface area contributed by atoms with Crippen LogP contribution in [0, 0.1) is 12.8 Å². The molecule has 0 radical (unpaired) electrons. The van der Waals surface area contributed by atoms with Crippen LogP contribution in [-0.4, -0.2) is 101 Å². The largest absolute Gasteiger partial charge is 0.491 e. The highest BCUT2D eigenvalue weighted by Gasteiger charge is 2.55. The number of hydrogen-bond donors (Lipinski definition) is 1. The molecule has 0 spiro atoms. The molecule has 1 N–H and O–H groups in total. The summed E-state index contributed by atoms with van der Waals surface area (Å²) < 4.78 is 7.95. The number of carbonyl (C=O) groups is 2. The maximum atomic E-state index is 13.1. The molecular formula is C23H32N5O4+. The summed E-state index contributed by atoms with van der Waals surface area (Å²) in [5.41, 5.74) is 1.08. The molecule has 3 aliphatic heterocycles. The number of β-amino-alcohol motifs (C(OH)–C–C–N with tert-alkyl or cyclic N) is 1. The number of ether oxygens (including phenoxy) is 1. The summed E-state index contributed by atoms with van der Waals surface area (Å²) in [5, 5.41) is 10.8. The van der Waals surface area contributed by atoms with Gasteiger partial charge >= 0.3 is 12.0 Å². The number of nitrogens with zero attached hydrogens (tertiary/aromatic N) is 5. The average molecular weight is 443 g/mol. The number of aryl methyl sites for hydroxylation is 1. The molecule has 172 valence electrons. The van der Waals surface area contributed by atoms with Crippen LogP contribution in [0.4, 0.5) is 4.79 Å². The highest BCUT2D eigenvalue weighted by atomic mass is 16.5. The average Bonchev–Trinajstić information content (AvgIpc) is 3.14. The van der Waals surface area contributed by atoms with Crippen LogP contribution < -0.4 is 4.74 Å². The third kappa shape index (κ3) is 4.21. The number of urea groups is 1. The van der Waals surface area contributed by atoms with Gasteiger partial charge in [-0.3, -0.25) is 19.2 Å². The van der Waals surface area contributed by atoms with E-state index >= 15 is 0 Å². The van der Waals surface area contributed by atoms with Crippen molar-refractivity contribution < 1.29 is 24.0 Å². The van der Waals surface area contributed by atoms with Crippen molar-refractivity contribution in [3.63, 3.8) is 0 Å². The van der Waals surface area contributed by atoms with Gasteiger partial charge in [0.25, 0.3) is 5.91 Å². The normalized spacial score (nSPS) is 26.9. The fraction of sp³-hybridized carbons (Fsp3) is 0.565. The molecule has 4 rings (SSSR count). The van der Waals surface area contributed by atoms with E-state index in [2.05, 4.69) is 11.5 Å². The van der Waals surface area contributed by atoms with E-state index in [9.17, 15) is 14.7 Å². The van der Waals surface area contributed by atoms with Crippen molar-refractivity contribution in [2.75, 3.05) is 40.3 Å². The highest BCUT2D eigenvalue weighted by molar-refractivity contribution is 6.25. The zero-order chi connectivity index (χ0) is 23.0. The molecule has 3 aliphatic rings. The van der Waals surface area contributed by atoms with Crippen LogP contribution in [0.2, 0.25) is 0 Å². The number of guanidine groups is 1. The molecule has 0 bridgehead atoms. The number of carbonyl (C=O) groups excluding carboxylic acids is 2. The van der Waals surface area contributed by atoms with Gasteiger partial charge in [0, 0.05) is 14.1 Å². The number of hydrogen-bond acceptors (Lipinski definition) is 4. The topological polar surface area (TPSA) is 88.7 Å². The number of imide groups is 1. The minimum atomic E-state index is -0.844. The summed E-state index contributed by atoms with van der Waals surface area (Å²) in [7, 11) is 3.11. The summed E-state index contributed by atoms with van der Waals surface area (Å²) in [5.74, 6) is 1.93. The smallest absolute Gasteiger partial charge is 0.392 e. The van der Waals surface area contributed by atoms with Crippen molar-refractivity contribution in [3.05, 3.63) is 29.8 Å². The standard InChI is InChI=1S/C23H32N5O4/c1-15-7-5-9-18(11-15)32-14-17(29)13-28-19-20(25(3)23(31)26(4)21(19)30)24-22(28)27-10-6-8-16(2)12-27/h5,7,9,11,16-17,19,29H,6,8,10,12-14H2,1-4H3/q+1. The molecule has 9 nitrogen and oxygen atoms in total. The molecule has 3 unspecified atom stereocenters. The molecule has 2 fully saturated rings. The Morgan fingerprint density at radius 2 is 2.06 bits per heavy atom. The molecule has 1 aromatic rings. The summed E-state index contributed by atoms with van der Waals surface area (Å²) in [6.45, 7) is 6.10. The number of piperidine rings is 1. The van der Waals surface area contributed by atoms with Crippen LogP contribution in [0.25, 0.3) is 0 Å². The number of aliphatic hydroxyl groups excluding tert-OH is 1. The van der Waals surface area contributed by atoms with E-state index in [4.69, 9.17) is 9.73 Å². The Bertz CT molecular complexity index is 975. The molecule has 3 atom stereocenters. The van der Waals surface area contributed by atoms with Gasteiger partial charge in [-0.15, -0.1) is 0 Å². The SMILES string of the molecule is Cc1cccc(OCC(O)CN2C(=[N+]3CCCC(C)C3)N=C3C2C(=O)N(C)C(=O)N3C)c1. The second-order valence-corrected chi connectivity index (χ2v) is 9.04. The molecule has 0 aliphatic carbocycles. The third-order valence-electron chi connectivity index (χ3n) is 6.29. The van der Waals surface area contributed by atoms with E-state index in [1.165, 1.54) is 11.9 Å². The number of aliphatic hydroxyl groups is 1. The van der Waals surface area contributed by atoms with Crippen molar-refractivity contribution in [3.8, 4) is 5.75 Å². The zero-order valence-corrected chi connectivity index (χ0v) is 19.2. The van der Waals surface area contributed by atoms with E-state index in [1.54, 1.807) is 7.05 Å². The first kappa shape index (κ1) is 22.3. The first-order valence-corrected chi connectivity index (χ1v) is 11.2. The van der Waals surface area contributed by atoms with Crippen LogP contribution >= 0.6 is 0 Å². The fourth-order valence-corrected chi connectivity index (χ4v) is 4.57. The van der Waals surface area contributed by atoms with Gasteiger partial charge in [0.1, 0.15) is 18.5 Å². The maximum absolute atomic E-state index is 13.1. The summed E-state index contributed by atoms with van der Waals surface area (Å²) in [6.07, 6.45) is 1.34. The number of benzene rings is 1. The van der Waals surface area contributed by atoms with Crippen molar-refractivity contribution in [2.45, 2.75) is 38.8 Å². The molecule has 1 aromatic carbocycles. The highest BCUT2D eigenvalue weighted by Crippen LogP contribution is 2.25. The van der Waals surface area contributed by atoms with Gasteiger partial charge in [0.05, 0.1) is 19.6 Å². The Labute approximate surface area is 188 Å². The van der Waals surface area contributed by atoms with E-state index in [0.717, 1.165) is 36.4 Å². The minimum Gasteiger partial charge on any atom is -0.491 e. The van der Waals surface area contributed by atoms with E-state index in [1.807, 2.05) is 36.1 Å². The Hall–Kier alpha value is -2.94. The van der Waals surface area contributed by atoms with Crippen LogP contribution in [0.5, 0.6) is 5.75 Å². The summed E-state index contributed by atoms with van der Waals surface area (Å²) in [4.78, 5) is 34.7. The zero-order valence-electron chi connectivity index (χ0n) is 19.2. The Kier molecular flexibility index (Phi) is 6.19. The number of likely N-dealkylation sites (N-methyl/N-ethyl adjacent to an activating group) is 2. The number of fused-ring (bicyclic) bond motifs is 1. The van der Waals surface area contributed by atoms with E-state index in [0.29, 0.717) is 23.5 Å². The number of aliphatic imine (C=N–C) groups is 1. The van der Waals surface area contributed by atoms with Gasteiger partial charge in [-0.2, -0.15) is 0 Å². The first-order chi connectivity index (χ1) is 15.3. The lowest BCUT2D eigenvalue weighted by Crippen LogP contribution is -2.63. The molecule has 32 heavy (non-hydrogen) atoms. The van der Waals surface area contributed by atoms with Gasteiger partial charge < -0.3 is 9.84 Å². The lowest BCUT2D eigenvalue weighted by Gasteiger charge is -2.34. The third-order valence-corrected chi connectivity index (χ3v) is 6.29. The van der Waals surface area contributed by atoms with Crippen molar-refractivity contribution >= 4 is 23.7 Å². The number of amides is 3. The fourth-order valence-electron chi connectivity index (χ4n) is 4.57. The Balaban J connectivity index is 1.59. The predicted octanol–water partition coefficient (Wildman–Crippen LogP) is 1.14. The molecular weight excluding hydrogens is 410 g/mol. The van der Waals surface area contributed by atoms with Gasteiger partial charge in [-0.05, 0) is 43.4 Å². The van der Waals surface area contributed by atoms with Crippen LogP contribution in [0.1, 0.15) is 25.3 Å². The lowest BCUT2D eigenvalue weighted by molar-refractivity contribution is -0.550. The van der Waals surface area contributed by atoms with Crippen LogP contribution in [-0.2, 0) is 4.79 Å². The van der Waals surface area contributed by atoms with E-state index < -0.39 is 18.2 Å². The van der Waals surface area contributed by atoms with Gasteiger partial charge in [-0.1, -0.05) is 24.0 Å². The van der Waals surface area contributed by atoms with Crippen molar-refractivity contribution in [1.29, 1.82) is 0 Å².